The summed E-state index contributed by atoms with van der Waals surface area (Å²) in [6.07, 6.45) is 3.42. The highest BCUT2D eigenvalue weighted by Crippen LogP contribution is 2.16. The predicted octanol–water partition coefficient (Wildman–Crippen LogP) is 2.44. The van der Waals surface area contributed by atoms with Crippen molar-refractivity contribution < 1.29 is 0 Å². The number of H-pyrrole nitrogens is 1. The first-order valence-electron chi connectivity index (χ1n) is 5.41. The van der Waals surface area contributed by atoms with Crippen LogP contribution in [0.4, 0.5) is 0 Å². The van der Waals surface area contributed by atoms with Crippen LogP contribution in [-0.4, -0.2) is 14.5 Å². The monoisotopic (exact) mass is 255 g/mol. The number of nitrogens with one attached hydrogen (secondary N) is 1. The first-order chi connectivity index (χ1) is 8.74. The Hall–Kier alpha value is -2.27. The first kappa shape index (κ1) is 10.9. The largest absolute Gasteiger partial charge is 0.299 e. The van der Waals surface area contributed by atoms with E-state index in [0.29, 0.717) is 4.77 Å². The molecule has 0 unspecified atom stereocenters. The van der Waals surface area contributed by atoms with Crippen molar-refractivity contribution in [2.75, 3.05) is 0 Å². The second kappa shape index (κ2) is 4.19. The molecule has 18 heavy (non-hydrogen) atoms. The molecule has 0 amide bonds. The van der Waals surface area contributed by atoms with Gasteiger partial charge in [0.25, 0.3) is 5.56 Å². The van der Waals surface area contributed by atoms with Crippen LogP contribution < -0.4 is 5.56 Å². The molecule has 0 radical (unpaired) electrons. The molecule has 0 saturated heterocycles. The Balaban J connectivity index is 2.25. The van der Waals surface area contributed by atoms with Crippen LogP contribution in [0.2, 0.25) is 0 Å². The van der Waals surface area contributed by atoms with E-state index >= 15 is 0 Å². The third-order valence-corrected chi connectivity index (χ3v) is 2.99. The molecule has 2 heterocycles. The van der Waals surface area contributed by atoms with Gasteiger partial charge in [-0.3, -0.25) is 19.3 Å². The van der Waals surface area contributed by atoms with Crippen LogP contribution in [-0.2, 0) is 0 Å². The Kier molecular flexibility index (Phi) is 2.53. The molecule has 0 aliphatic carbocycles. The number of hydrogen-bond donors (Lipinski definition) is 1. The number of aromatic nitrogens is 3. The van der Waals surface area contributed by atoms with E-state index in [0.717, 1.165) is 16.6 Å². The highest BCUT2D eigenvalue weighted by Gasteiger charge is 2.00. The molecule has 0 fully saturated rings. The lowest BCUT2D eigenvalue weighted by Crippen LogP contribution is -2.09. The maximum atomic E-state index is 11.1. The van der Waals surface area contributed by atoms with Crippen LogP contribution in [0.3, 0.4) is 0 Å². The van der Waals surface area contributed by atoms with Crippen molar-refractivity contribution in [2.45, 2.75) is 0 Å². The highest BCUT2D eigenvalue weighted by molar-refractivity contribution is 7.71. The normalized spacial score (nSPS) is 10.7. The fourth-order valence-corrected chi connectivity index (χ4v) is 2.10. The summed E-state index contributed by atoms with van der Waals surface area (Å²) in [5, 5.41) is 1.03. The fraction of sp³-hybridized carbons (Fsp3) is 0. The Bertz CT molecular complexity index is 835. The van der Waals surface area contributed by atoms with Gasteiger partial charge in [-0.2, -0.15) is 0 Å². The zero-order valence-electron chi connectivity index (χ0n) is 9.33. The quantitative estimate of drug-likeness (QED) is 0.679. The van der Waals surface area contributed by atoms with E-state index in [-0.39, 0.29) is 5.56 Å². The van der Waals surface area contributed by atoms with Gasteiger partial charge in [0.2, 0.25) is 0 Å². The zero-order valence-corrected chi connectivity index (χ0v) is 10.1. The van der Waals surface area contributed by atoms with Crippen LogP contribution in [0.5, 0.6) is 0 Å². The molecule has 3 rings (SSSR count). The van der Waals surface area contributed by atoms with Crippen molar-refractivity contribution in [1.29, 1.82) is 0 Å². The Morgan fingerprint density at radius 1 is 1.22 bits per heavy atom. The number of aromatic amines is 1. The minimum atomic E-state index is -0.196. The molecular weight excluding hydrogens is 246 g/mol. The average molecular weight is 255 g/mol. The average Bonchev–Trinajstić information content (AvgIpc) is 2.38. The number of rotatable bonds is 1. The number of pyridine rings is 1. The molecule has 2 aromatic heterocycles. The zero-order chi connectivity index (χ0) is 12.5. The second-order valence-corrected chi connectivity index (χ2v) is 4.25. The topological polar surface area (TPSA) is 50.7 Å². The molecule has 0 atom stereocenters. The molecule has 0 bridgehead atoms. The predicted molar refractivity (Wildman–Crippen MR) is 72.5 cm³/mol. The fourth-order valence-electron chi connectivity index (χ4n) is 1.83. The third-order valence-electron chi connectivity index (χ3n) is 2.69. The van der Waals surface area contributed by atoms with Crippen molar-refractivity contribution in [2.24, 2.45) is 0 Å². The van der Waals surface area contributed by atoms with Gasteiger partial charge in [-0.05, 0) is 36.5 Å². The smallest absolute Gasteiger partial charge is 0.251 e. The van der Waals surface area contributed by atoms with Crippen LogP contribution in [0.25, 0.3) is 16.6 Å². The van der Waals surface area contributed by atoms with Crippen molar-refractivity contribution in [3.8, 4) is 5.69 Å². The molecule has 1 aromatic carbocycles. The summed E-state index contributed by atoms with van der Waals surface area (Å²) in [6, 6.07) is 11.2. The van der Waals surface area contributed by atoms with Gasteiger partial charge in [0, 0.05) is 29.5 Å². The van der Waals surface area contributed by atoms with Crippen LogP contribution in [0.15, 0.2) is 53.6 Å². The standard InChI is InChI=1S/C13H9N3OS/c17-12-5-7-16(13(18)15-12)10-3-4-11-9(8-10)2-1-6-14-11/h1-8H,(H,15,17,18). The van der Waals surface area contributed by atoms with E-state index < -0.39 is 0 Å². The molecule has 0 spiro atoms. The molecule has 1 N–H and O–H groups in total. The molecule has 3 aromatic rings. The summed E-state index contributed by atoms with van der Waals surface area (Å²) in [5.74, 6) is 0. The SMILES string of the molecule is O=c1ccn(-c2ccc3ncccc3c2)c(=S)[nH]1. The summed E-state index contributed by atoms with van der Waals surface area (Å²) >= 11 is 5.14. The van der Waals surface area contributed by atoms with E-state index in [9.17, 15) is 4.79 Å². The molecule has 5 heteroatoms. The molecule has 0 aliphatic heterocycles. The number of fused-ring (bicyclic) bond motifs is 1. The lowest BCUT2D eigenvalue weighted by molar-refractivity contribution is 0.939. The summed E-state index contributed by atoms with van der Waals surface area (Å²) in [5.41, 5.74) is 1.63. The molecule has 0 saturated carbocycles. The molecule has 88 valence electrons. The summed E-state index contributed by atoms with van der Waals surface area (Å²) in [6.45, 7) is 0. The van der Waals surface area contributed by atoms with Crippen LogP contribution in [0.1, 0.15) is 0 Å². The van der Waals surface area contributed by atoms with Gasteiger partial charge < -0.3 is 0 Å². The third kappa shape index (κ3) is 1.84. The maximum Gasteiger partial charge on any atom is 0.251 e. The minimum Gasteiger partial charge on any atom is -0.299 e. The Morgan fingerprint density at radius 2 is 2.11 bits per heavy atom. The van der Waals surface area contributed by atoms with E-state index in [2.05, 4.69) is 9.97 Å². The highest BCUT2D eigenvalue weighted by atomic mass is 32.1. The van der Waals surface area contributed by atoms with Gasteiger partial charge >= 0.3 is 0 Å². The van der Waals surface area contributed by atoms with Gasteiger partial charge in [-0.1, -0.05) is 6.07 Å². The van der Waals surface area contributed by atoms with Crippen molar-refractivity contribution in [3.63, 3.8) is 0 Å². The van der Waals surface area contributed by atoms with E-state index in [1.54, 1.807) is 17.0 Å². The second-order valence-electron chi connectivity index (χ2n) is 3.86. The summed E-state index contributed by atoms with van der Waals surface area (Å²) in [4.78, 5) is 18.0. The number of nitrogens with zero attached hydrogens (tertiary/aromatic N) is 2. The van der Waals surface area contributed by atoms with Gasteiger partial charge in [0.15, 0.2) is 4.77 Å². The van der Waals surface area contributed by atoms with Gasteiger partial charge in [0.05, 0.1) is 5.52 Å². The van der Waals surface area contributed by atoms with Crippen molar-refractivity contribution in [3.05, 3.63) is 63.9 Å². The lowest BCUT2D eigenvalue weighted by Gasteiger charge is -2.06. The van der Waals surface area contributed by atoms with Crippen molar-refractivity contribution >= 4 is 23.1 Å². The maximum absolute atomic E-state index is 11.1. The van der Waals surface area contributed by atoms with Crippen molar-refractivity contribution in [1.82, 2.24) is 14.5 Å². The van der Waals surface area contributed by atoms with Crippen LogP contribution >= 0.6 is 12.2 Å². The van der Waals surface area contributed by atoms with Gasteiger partial charge in [0.1, 0.15) is 0 Å². The van der Waals surface area contributed by atoms with Gasteiger partial charge in [-0.25, -0.2) is 0 Å². The van der Waals surface area contributed by atoms with E-state index in [4.69, 9.17) is 12.2 Å². The Morgan fingerprint density at radius 3 is 2.94 bits per heavy atom. The summed E-state index contributed by atoms with van der Waals surface area (Å²) < 4.78 is 2.13. The van der Waals surface area contributed by atoms with E-state index in [1.165, 1.54) is 6.07 Å². The molecular formula is C13H9N3OS. The first-order valence-corrected chi connectivity index (χ1v) is 5.82. The number of hydrogen-bond acceptors (Lipinski definition) is 3. The van der Waals surface area contributed by atoms with Crippen LogP contribution in [0, 0.1) is 4.77 Å². The number of benzene rings is 1. The molecule has 0 aliphatic rings. The van der Waals surface area contributed by atoms with E-state index in [1.807, 2.05) is 30.3 Å². The minimum absolute atomic E-state index is 0.196. The molecule has 4 nitrogen and oxygen atoms in total. The lowest BCUT2D eigenvalue weighted by atomic mass is 10.2. The summed E-state index contributed by atoms with van der Waals surface area (Å²) in [7, 11) is 0. The Labute approximate surface area is 108 Å². The van der Waals surface area contributed by atoms with Gasteiger partial charge in [-0.15, -0.1) is 0 Å².